The van der Waals surface area contributed by atoms with Gasteiger partial charge in [0.1, 0.15) is 6.61 Å². The summed E-state index contributed by atoms with van der Waals surface area (Å²) in [6.45, 7) is 3.47. The van der Waals surface area contributed by atoms with Gasteiger partial charge in [-0.2, -0.15) is 0 Å². The van der Waals surface area contributed by atoms with Crippen LogP contribution in [0.5, 0.6) is 0 Å². The van der Waals surface area contributed by atoms with Crippen molar-refractivity contribution >= 4 is 23.7 Å². The Morgan fingerprint density at radius 3 is 2.85 bits per heavy atom. The number of carbonyl (C=O) groups is 2. The number of alkyl carbamates (subject to hydrolysis) is 1. The highest BCUT2D eigenvalue weighted by Crippen LogP contribution is 2.14. The molecule has 1 unspecified atom stereocenters. The molecule has 108 valence electrons. The molecule has 1 amide bonds. The molecule has 1 aromatic carbocycles. The van der Waals surface area contributed by atoms with E-state index >= 15 is 0 Å². The third-order valence-electron chi connectivity index (χ3n) is 2.55. The number of rotatable bonds is 7. The summed E-state index contributed by atoms with van der Waals surface area (Å²) in [5.74, 6) is -1.74. The average Bonchev–Trinajstić information content (AvgIpc) is 2.40. The molecule has 5 nitrogen and oxygen atoms in total. The van der Waals surface area contributed by atoms with Crippen molar-refractivity contribution in [2.45, 2.75) is 6.42 Å². The highest BCUT2D eigenvalue weighted by atomic mass is 35.5. The van der Waals surface area contributed by atoms with Crippen LogP contribution in [-0.4, -0.2) is 30.3 Å². The zero-order valence-corrected chi connectivity index (χ0v) is 11.6. The monoisotopic (exact) mass is 297 g/mol. The van der Waals surface area contributed by atoms with Crippen LogP contribution in [0.15, 0.2) is 36.9 Å². The molecule has 0 spiro atoms. The summed E-state index contributed by atoms with van der Waals surface area (Å²) in [5.41, 5.74) is 0.797. The van der Waals surface area contributed by atoms with Gasteiger partial charge in [0.2, 0.25) is 0 Å². The molecule has 0 radical (unpaired) electrons. The van der Waals surface area contributed by atoms with Crippen molar-refractivity contribution in [3.05, 3.63) is 47.5 Å². The van der Waals surface area contributed by atoms with Gasteiger partial charge in [-0.05, 0) is 24.1 Å². The van der Waals surface area contributed by atoms with Crippen molar-refractivity contribution in [3.63, 3.8) is 0 Å². The maximum atomic E-state index is 11.2. The van der Waals surface area contributed by atoms with Gasteiger partial charge in [-0.25, -0.2) is 4.79 Å². The van der Waals surface area contributed by atoms with E-state index in [1.807, 2.05) is 0 Å². The van der Waals surface area contributed by atoms with E-state index in [1.165, 1.54) is 6.08 Å². The molecule has 0 fully saturated rings. The fraction of sp³-hybridized carbons (Fsp3) is 0.286. The fourth-order valence-corrected chi connectivity index (χ4v) is 1.80. The largest absolute Gasteiger partial charge is 0.481 e. The third-order valence-corrected chi connectivity index (χ3v) is 2.78. The lowest BCUT2D eigenvalue weighted by Gasteiger charge is -2.13. The van der Waals surface area contributed by atoms with E-state index < -0.39 is 18.0 Å². The van der Waals surface area contributed by atoms with Gasteiger partial charge in [0.25, 0.3) is 0 Å². The minimum atomic E-state index is -0.992. The lowest BCUT2D eigenvalue weighted by molar-refractivity contribution is -0.141. The standard InChI is InChI=1S/C14H16ClNO4/c1-2-6-20-14(19)16-9-11(13(17)18)7-10-4-3-5-12(15)8-10/h2-5,8,11H,1,6-7,9H2,(H,16,19)(H,17,18). The lowest BCUT2D eigenvalue weighted by atomic mass is 9.99. The van der Waals surface area contributed by atoms with Crippen LogP contribution in [0, 0.1) is 5.92 Å². The minimum Gasteiger partial charge on any atom is -0.481 e. The summed E-state index contributed by atoms with van der Waals surface area (Å²) in [4.78, 5) is 22.4. The molecule has 0 aliphatic heterocycles. The first kappa shape index (κ1) is 16.0. The van der Waals surface area contributed by atoms with Crippen molar-refractivity contribution in [1.29, 1.82) is 0 Å². The van der Waals surface area contributed by atoms with Crippen LogP contribution in [-0.2, 0) is 16.0 Å². The van der Waals surface area contributed by atoms with Gasteiger partial charge < -0.3 is 15.2 Å². The van der Waals surface area contributed by atoms with E-state index in [2.05, 4.69) is 11.9 Å². The molecule has 0 heterocycles. The molecule has 1 atom stereocenters. The summed E-state index contributed by atoms with van der Waals surface area (Å²) >= 11 is 5.85. The number of benzene rings is 1. The predicted octanol–water partition coefficient (Wildman–Crippen LogP) is 2.50. The Bertz CT molecular complexity index is 490. The normalized spacial score (nSPS) is 11.4. The summed E-state index contributed by atoms with van der Waals surface area (Å²) in [5, 5.41) is 12.1. The second kappa shape index (κ2) is 8.22. The molecular weight excluding hydrogens is 282 g/mol. The highest BCUT2D eigenvalue weighted by Gasteiger charge is 2.19. The highest BCUT2D eigenvalue weighted by molar-refractivity contribution is 6.30. The van der Waals surface area contributed by atoms with Gasteiger partial charge in [0, 0.05) is 11.6 Å². The summed E-state index contributed by atoms with van der Waals surface area (Å²) in [6.07, 6.45) is 1.04. The van der Waals surface area contributed by atoms with E-state index in [0.717, 1.165) is 5.56 Å². The van der Waals surface area contributed by atoms with Crippen LogP contribution in [0.25, 0.3) is 0 Å². The number of nitrogens with one attached hydrogen (secondary N) is 1. The Hall–Kier alpha value is -2.01. The Balaban J connectivity index is 2.55. The van der Waals surface area contributed by atoms with Crippen LogP contribution < -0.4 is 5.32 Å². The maximum Gasteiger partial charge on any atom is 0.407 e. The van der Waals surface area contributed by atoms with Crippen LogP contribution in [0.2, 0.25) is 5.02 Å². The smallest absolute Gasteiger partial charge is 0.407 e. The first-order valence-corrected chi connectivity index (χ1v) is 6.39. The SMILES string of the molecule is C=CCOC(=O)NCC(Cc1cccc(Cl)c1)C(=O)O. The Kier molecular flexibility index (Phi) is 6.59. The number of aliphatic carboxylic acids is 1. The second-order valence-corrected chi connectivity index (χ2v) is 4.57. The molecule has 0 aliphatic rings. The van der Waals surface area contributed by atoms with E-state index in [1.54, 1.807) is 24.3 Å². The third kappa shape index (κ3) is 5.75. The van der Waals surface area contributed by atoms with Crippen molar-refractivity contribution in [2.75, 3.05) is 13.2 Å². The van der Waals surface area contributed by atoms with Crippen molar-refractivity contribution in [3.8, 4) is 0 Å². The minimum absolute atomic E-state index is 0.0160. The molecule has 0 saturated heterocycles. The molecule has 0 aliphatic carbocycles. The summed E-state index contributed by atoms with van der Waals surface area (Å²) < 4.78 is 4.71. The van der Waals surface area contributed by atoms with Crippen molar-refractivity contribution in [2.24, 2.45) is 5.92 Å². The second-order valence-electron chi connectivity index (χ2n) is 4.14. The molecule has 6 heteroatoms. The van der Waals surface area contributed by atoms with Gasteiger partial charge >= 0.3 is 12.1 Å². The molecule has 0 bridgehead atoms. The molecule has 0 aromatic heterocycles. The molecule has 20 heavy (non-hydrogen) atoms. The Morgan fingerprint density at radius 1 is 1.50 bits per heavy atom. The quantitative estimate of drug-likeness (QED) is 0.758. The van der Waals surface area contributed by atoms with E-state index in [0.29, 0.717) is 5.02 Å². The zero-order valence-electron chi connectivity index (χ0n) is 10.8. The first-order valence-electron chi connectivity index (χ1n) is 6.01. The van der Waals surface area contributed by atoms with Crippen molar-refractivity contribution < 1.29 is 19.4 Å². The van der Waals surface area contributed by atoms with Gasteiger partial charge in [-0.15, -0.1) is 0 Å². The predicted molar refractivity (Wildman–Crippen MR) is 75.8 cm³/mol. The van der Waals surface area contributed by atoms with Gasteiger partial charge in [-0.3, -0.25) is 4.79 Å². The van der Waals surface area contributed by atoms with Crippen molar-refractivity contribution in [1.82, 2.24) is 5.32 Å². The van der Waals surface area contributed by atoms with Gasteiger partial charge in [0.05, 0.1) is 5.92 Å². The molecular formula is C14H16ClNO4. The number of ether oxygens (including phenoxy) is 1. The maximum absolute atomic E-state index is 11.2. The Labute approximate surface area is 122 Å². The number of carbonyl (C=O) groups excluding carboxylic acids is 1. The van der Waals surface area contributed by atoms with E-state index in [-0.39, 0.29) is 19.6 Å². The molecule has 0 saturated carbocycles. The van der Waals surface area contributed by atoms with Crippen LogP contribution >= 0.6 is 11.6 Å². The zero-order chi connectivity index (χ0) is 15.0. The molecule has 2 N–H and O–H groups in total. The molecule has 1 rings (SSSR count). The topological polar surface area (TPSA) is 75.6 Å². The van der Waals surface area contributed by atoms with Gasteiger partial charge in [-0.1, -0.05) is 36.4 Å². The lowest BCUT2D eigenvalue weighted by Crippen LogP contribution is -2.34. The number of carboxylic acid groups (broad SMARTS) is 1. The number of hydrogen-bond acceptors (Lipinski definition) is 3. The van der Waals surface area contributed by atoms with Crippen LogP contribution in [0.1, 0.15) is 5.56 Å². The van der Waals surface area contributed by atoms with Crippen LogP contribution in [0.3, 0.4) is 0 Å². The first-order chi connectivity index (χ1) is 9.52. The van der Waals surface area contributed by atoms with Gasteiger partial charge in [0.15, 0.2) is 0 Å². The van der Waals surface area contributed by atoms with E-state index in [4.69, 9.17) is 21.4 Å². The van der Waals surface area contributed by atoms with Crippen LogP contribution in [0.4, 0.5) is 4.79 Å². The Morgan fingerprint density at radius 2 is 2.25 bits per heavy atom. The number of amides is 1. The summed E-state index contributed by atoms with van der Waals surface area (Å²) in [7, 11) is 0. The van der Waals surface area contributed by atoms with E-state index in [9.17, 15) is 9.59 Å². The average molecular weight is 298 g/mol. The number of halogens is 1. The number of carboxylic acids is 1. The summed E-state index contributed by atoms with van der Waals surface area (Å²) in [6, 6.07) is 6.96. The number of hydrogen-bond donors (Lipinski definition) is 2. The fourth-order valence-electron chi connectivity index (χ4n) is 1.59. The molecule has 1 aromatic rings.